The van der Waals surface area contributed by atoms with Crippen LogP contribution in [0.2, 0.25) is 0 Å². The lowest BCUT2D eigenvalue weighted by molar-refractivity contribution is 0.224. The Balaban J connectivity index is 2.00. The number of nitrogens with one attached hydrogen (secondary N) is 1. The smallest absolute Gasteiger partial charge is 0.221 e. The number of hydrogen-bond donors (Lipinski definition) is 2. The van der Waals surface area contributed by atoms with Gasteiger partial charge in [-0.25, -0.2) is 10.8 Å². The van der Waals surface area contributed by atoms with E-state index in [1.807, 2.05) is 13.8 Å². The Morgan fingerprint density at radius 2 is 1.84 bits per heavy atom. The van der Waals surface area contributed by atoms with Crippen LogP contribution in [0.5, 0.6) is 5.88 Å². The molecule has 19 heavy (non-hydrogen) atoms. The molecule has 1 aliphatic rings. The summed E-state index contributed by atoms with van der Waals surface area (Å²) < 4.78 is 5.91. The predicted molar refractivity (Wildman–Crippen MR) is 76.0 cm³/mol. The van der Waals surface area contributed by atoms with Crippen LogP contribution in [-0.4, -0.2) is 16.6 Å². The summed E-state index contributed by atoms with van der Waals surface area (Å²) >= 11 is 0. The first kappa shape index (κ1) is 14.1. The van der Waals surface area contributed by atoms with Crippen molar-refractivity contribution in [3.8, 4) is 5.88 Å². The molecule has 0 unspecified atom stereocenters. The summed E-state index contributed by atoms with van der Waals surface area (Å²) in [5, 5.41) is 0. The Hall–Kier alpha value is -1.36. The van der Waals surface area contributed by atoms with Crippen molar-refractivity contribution in [1.29, 1.82) is 0 Å². The molecule has 1 aliphatic carbocycles. The van der Waals surface area contributed by atoms with Crippen LogP contribution in [-0.2, 0) is 0 Å². The number of hydrazine groups is 1. The average Bonchev–Trinajstić information content (AvgIpc) is 2.68. The molecule has 0 saturated heterocycles. The van der Waals surface area contributed by atoms with E-state index in [2.05, 4.69) is 15.4 Å². The molecule has 0 aliphatic heterocycles. The van der Waals surface area contributed by atoms with E-state index >= 15 is 0 Å². The quantitative estimate of drug-likeness (QED) is 0.497. The second kappa shape index (κ2) is 6.70. The fourth-order valence-corrected chi connectivity index (χ4v) is 2.61. The molecule has 0 aromatic carbocycles. The minimum atomic E-state index is 0.642. The van der Waals surface area contributed by atoms with Gasteiger partial charge in [0.25, 0.3) is 0 Å². The summed E-state index contributed by atoms with van der Waals surface area (Å²) in [5.41, 5.74) is 3.47. The van der Waals surface area contributed by atoms with Gasteiger partial charge in [0.1, 0.15) is 11.6 Å². The Bertz CT molecular complexity index is 414. The van der Waals surface area contributed by atoms with Gasteiger partial charge in [-0.15, -0.1) is 0 Å². The van der Waals surface area contributed by atoms with Crippen LogP contribution >= 0.6 is 0 Å². The molecule has 0 amide bonds. The summed E-state index contributed by atoms with van der Waals surface area (Å²) in [4.78, 5) is 8.59. The SMILES string of the molecule is Cc1nc(NN)c(C)c(OCC2CCCCCC2)n1. The van der Waals surface area contributed by atoms with Crippen LogP contribution < -0.4 is 16.0 Å². The summed E-state index contributed by atoms with van der Waals surface area (Å²) in [7, 11) is 0. The van der Waals surface area contributed by atoms with Crippen LogP contribution in [0.3, 0.4) is 0 Å². The van der Waals surface area contributed by atoms with Crippen molar-refractivity contribution in [2.75, 3.05) is 12.0 Å². The molecule has 2 rings (SSSR count). The Kier molecular flexibility index (Phi) is 4.96. The Labute approximate surface area is 114 Å². The molecule has 3 N–H and O–H groups in total. The fourth-order valence-electron chi connectivity index (χ4n) is 2.61. The van der Waals surface area contributed by atoms with Crippen LogP contribution in [0.25, 0.3) is 0 Å². The van der Waals surface area contributed by atoms with E-state index in [0.717, 1.165) is 12.2 Å². The molecule has 0 radical (unpaired) electrons. The summed E-state index contributed by atoms with van der Waals surface area (Å²) in [6.45, 7) is 4.52. The lowest BCUT2D eigenvalue weighted by Gasteiger charge is -2.16. The number of rotatable bonds is 4. The number of nitrogen functional groups attached to an aromatic ring is 1. The van der Waals surface area contributed by atoms with Crippen molar-refractivity contribution in [3.05, 3.63) is 11.4 Å². The third-order valence-corrected chi connectivity index (χ3v) is 3.78. The maximum atomic E-state index is 5.91. The number of nitrogens with two attached hydrogens (primary N) is 1. The number of anilines is 1. The Morgan fingerprint density at radius 3 is 2.47 bits per heavy atom. The first-order valence-corrected chi connectivity index (χ1v) is 7.15. The molecule has 0 bridgehead atoms. The number of aromatic nitrogens is 2. The molecule has 106 valence electrons. The first-order chi connectivity index (χ1) is 9.20. The van der Waals surface area contributed by atoms with Crippen LogP contribution in [0.15, 0.2) is 0 Å². The minimum Gasteiger partial charge on any atom is -0.477 e. The summed E-state index contributed by atoms with van der Waals surface area (Å²) in [6, 6.07) is 0. The maximum absolute atomic E-state index is 5.91. The molecule has 5 nitrogen and oxygen atoms in total. The van der Waals surface area contributed by atoms with Gasteiger partial charge in [-0.3, -0.25) is 0 Å². The van der Waals surface area contributed by atoms with Gasteiger partial charge in [0, 0.05) is 0 Å². The van der Waals surface area contributed by atoms with E-state index in [9.17, 15) is 0 Å². The van der Waals surface area contributed by atoms with Gasteiger partial charge in [-0.2, -0.15) is 4.98 Å². The second-order valence-electron chi connectivity index (χ2n) is 5.36. The molecular weight excluding hydrogens is 240 g/mol. The van der Waals surface area contributed by atoms with E-state index < -0.39 is 0 Å². The minimum absolute atomic E-state index is 0.642. The number of aryl methyl sites for hydroxylation is 1. The highest BCUT2D eigenvalue weighted by atomic mass is 16.5. The standard InChI is InChI=1S/C14H24N4O/c1-10-13(18-15)16-11(2)17-14(10)19-9-12-7-5-3-4-6-8-12/h12H,3-9,15H2,1-2H3,(H,16,17,18). The summed E-state index contributed by atoms with van der Waals surface area (Å²) in [5.74, 6) is 8.09. The van der Waals surface area contributed by atoms with Gasteiger partial charge in [0.05, 0.1) is 12.2 Å². The highest BCUT2D eigenvalue weighted by Crippen LogP contribution is 2.26. The molecule has 1 heterocycles. The Morgan fingerprint density at radius 1 is 1.16 bits per heavy atom. The molecule has 0 spiro atoms. The van der Waals surface area contributed by atoms with Gasteiger partial charge in [-0.05, 0) is 32.6 Å². The van der Waals surface area contributed by atoms with Crippen molar-refractivity contribution in [2.45, 2.75) is 52.4 Å². The zero-order valence-electron chi connectivity index (χ0n) is 11.9. The molecule has 1 saturated carbocycles. The number of nitrogens with zero attached hydrogens (tertiary/aromatic N) is 2. The zero-order valence-corrected chi connectivity index (χ0v) is 11.9. The highest BCUT2D eigenvalue weighted by molar-refractivity contribution is 5.47. The van der Waals surface area contributed by atoms with E-state index in [1.165, 1.54) is 38.5 Å². The van der Waals surface area contributed by atoms with Crippen molar-refractivity contribution in [3.63, 3.8) is 0 Å². The zero-order chi connectivity index (χ0) is 13.7. The lowest BCUT2D eigenvalue weighted by Crippen LogP contribution is -2.16. The maximum Gasteiger partial charge on any atom is 0.221 e. The van der Waals surface area contributed by atoms with Crippen LogP contribution in [0, 0.1) is 19.8 Å². The molecule has 0 atom stereocenters. The predicted octanol–water partition coefficient (Wildman–Crippen LogP) is 2.73. The van der Waals surface area contributed by atoms with Crippen molar-refractivity contribution >= 4 is 5.82 Å². The van der Waals surface area contributed by atoms with E-state index in [0.29, 0.717) is 23.4 Å². The van der Waals surface area contributed by atoms with Gasteiger partial charge < -0.3 is 10.2 Å². The van der Waals surface area contributed by atoms with Crippen molar-refractivity contribution < 1.29 is 4.74 Å². The topological polar surface area (TPSA) is 73.1 Å². The second-order valence-corrected chi connectivity index (χ2v) is 5.36. The molecule has 1 fully saturated rings. The molecule has 5 heteroatoms. The van der Waals surface area contributed by atoms with Crippen LogP contribution in [0.1, 0.15) is 49.9 Å². The normalized spacial score (nSPS) is 17.0. The van der Waals surface area contributed by atoms with E-state index in [1.54, 1.807) is 0 Å². The largest absolute Gasteiger partial charge is 0.477 e. The average molecular weight is 264 g/mol. The molecule has 1 aromatic rings. The van der Waals surface area contributed by atoms with Gasteiger partial charge in [0.15, 0.2) is 0 Å². The van der Waals surface area contributed by atoms with Crippen molar-refractivity contribution in [2.24, 2.45) is 11.8 Å². The third kappa shape index (κ3) is 3.80. The number of hydrogen-bond acceptors (Lipinski definition) is 5. The van der Waals surface area contributed by atoms with Gasteiger partial charge in [-0.1, -0.05) is 25.7 Å². The van der Waals surface area contributed by atoms with Gasteiger partial charge in [0.2, 0.25) is 5.88 Å². The monoisotopic (exact) mass is 264 g/mol. The third-order valence-electron chi connectivity index (χ3n) is 3.78. The lowest BCUT2D eigenvalue weighted by atomic mass is 10.0. The first-order valence-electron chi connectivity index (χ1n) is 7.15. The van der Waals surface area contributed by atoms with Crippen LogP contribution in [0.4, 0.5) is 5.82 Å². The highest BCUT2D eigenvalue weighted by Gasteiger charge is 2.15. The fraction of sp³-hybridized carbons (Fsp3) is 0.714. The molecular formula is C14H24N4O. The molecule has 1 aromatic heterocycles. The summed E-state index contributed by atoms with van der Waals surface area (Å²) in [6.07, 6.45) is 7.92. The van der Waals surface area contributed by atoms with E-state index in [-0.39, 0.29) is 0 Å². The van der Waals surface area contributed by atoms with Crippen molar-refractivity contribution in [1.82, 2.24) is 9.97 Å². The van der Waals surface area contributed by atoms with Gasteiger partial charge >= 0.3 is 0 Å². The number of ether oxygens (including phenoxy) is 1. The van der Waals surface area contributed by atoms with E-state index in [4.69, 9.17) is 10.6 Å².